The number of carbonyl (C=O) groups is 1. The first-order valence-electron chi connectivity index (χ1n) is 3.12. The summed E-state index contributed by atoms with van der Waals surface area (Å²) in [5.74, 6) is 0.172. The monoisotopic (exact) mass is 142 g/mol. The highest BCUT2D eigenvalue weighted by molar-refractivity contribution is 5.96. The van der Waals surface area contributed by atoms with Crippen LogP contribution in [-0.2, 0) is 0 Å². The smallest absolute Gasteiger partial charge is 0.322 e. The fourth-order valence-electron chi connectivity index (χ4n) is 0.747. The van der Waals surface area contributed by atoms with Crippen molar-refractivity contribution in [2.75, 3.05) is 13.2 Å². The molecule has 3 N–H and O–H groups in total. The maximum atomic E-state index is 10.5. The third-order valence-electron chi connectivity index (χ3n) is 1.36. The molecule has 1 aliphatic rings. The third kappa shape index (κ3) is 1.18. The molecule has 56 valence electrons. The molecule has 0 saturated carbocycles. The number of urea groups is 1. The zero-order valence-corrected chi connectivity index (χ0v) is 5.77. The molecule has 0 radical (unpaired) electrons. The Bertz CT molecular complexity index is 167. The first-order valence-corrected chi connectivity index (χ1v) is 3.12. The Morgan fingerprint density at radius 1 is 1.80 bits per heavy atom. The number of hydrogen-bond acceptors (Lipinski definition) is 2. The molecule has 5 nitrogen and oxygen atoms in total. The number of guanidine groups is 1. The minimum Gasteiger partial charge on any atom is -0.325 e. The van der Waals surface area contributed by atoms with Crippen molar-refractivity contribution in [2.24, 2.45) is 0 Å². The van der Waals surface area contributed by atoms with Crippen LogP contribution in [0, 0.1) is 5.41 Å². The van der Waals surface area contributed by atoms with Crippen molar-refractivity contribution in [1.82, 2.24) is 15.5 Å². The lowest BCUT2D eigenvalue weighted by Crippen LogP contribution is -2.57. The van der Waals surface area contributed by atoms with Crippen LogP contribution in [0.2, 0.25) is 0 Å². The van der Waals surface area contributed by atoms with Gasteiger partial charge in [0.1, 0.15) is 0 Å². The van der Waals surface area contributed by atoms with E-state index in [1.54, 1.807) is 4.90 Å². The molecule has 1 rings (SSSR count). The summed E-state index contributed by atoms with van der Waals surface area (Å²) in [6.45, 7) is 3.08. The zero-order valence-electron chi connectivity index (χ0n) is 5.77. The average molecular weight is 142 g/mol. The maximum Gasteiger partial charge on any atom is 0.322 e. The van der Waals surface area contributed by atoms with Gasteiger partial charge in [-0.15, -0.1) is 0 Å². The van der Waals surface area contributed by atoms with Gasteiger partial charge in [0.25, 0.3) is 0 Å². The Morgan fingerprint density at radius 3 is 3.00 bits per heavy atom. The van der Waals surface area contributed by atoms with E-state index in [2.05, 4.69) is 10.6 Å². The van der Waals surface area contributed by atoms with Crippen LogP contribution in [0.4, 0.5) is 4.79 Å². The first-order chi connectivity index (χ1) is 4.74. The van der Waals surface area contributed by atoms with Crippen LogP contribution < -0.4 is 10.6 Å². The number of nitrogens with one attached hydrogen (secondary N) is 3. The molecule has 0 atom stereocenters. The van der Waals surface area contributed by atoms with Crippen LogP contribution in [0.5, 0.6) is 0 Å². The molecule has 1 saturated heterocycles. The number of amides is 2. The summed E-state index contributed by atoms with van der Waals surface area (Å²) in [7, 11) is 0. The minimum absolute atomic E-state index is 0.172. The van der Waals surface area contributed by atoms with Gasteiger partial charge in [-0.25, -0.2) is 4.79 Å². The predicted molar refractivity (Wildman–Crippen MR) is 36.6 cm³/mol. The molecule has 0 bridgehead atoms. The normalized spacial score (nSPS) is 18.3. The van der Waals surface area contributed by atoms with Crippen molar-refractivity contribution in [1.29, 1.82) is 5.41 Å². The lowest BCUT2D eigenvalue weighted by molar-refractivity contribution is 0.231. The second-order valence-electron chi connectivity index (χ2n) is 1.99. The van der Waals surface area contributed by atoms with E-state index in [-0.39, 0.29) is 12.0 Å². The number of rotatable bonds is 1. The molecular weight excluding hydrogens is 132 g/mol. The van der Waals surface area contributed by atoms with Gasteiger partial charge >= 0.3 is 6.03 Å². The van der Waals surface area contributed by atoms with Gasteiger partial charge in [-0.05, 0) is 6.92 Å². The molecule has 2 amide bonds. The molecule has 10 heavy (non-hydrogen) atoms. The summed E-state index contributed by atoms with van der Waals surface area (Å²) in [6, 6.07) is -0.297. The Morgan fingerprint density at radius 2 is 2.50 bits per heavy atom. The van der Waals surface area contributed by atoms with Crippen molar-refractivity contribution in [2.45, 2.75) is 6.92 Å². The van der Waals surface area contributed by atoms with Gasteiger partial charge in [-0.3, -0.25) is 10.7 Å². The van der Waals surface area contributed by atoms with Gasteiger partial charge in [0.15, 0.2) is 0 Å². The first kappa shape index (κ1) is 6.85. The standard InChI is InChI=1S/C5H10N4O/c1-2-9-3-7-5(10)8-4(9)6/h2-3H2,1H3,(H3,6,7,8,10). The Labute approximate surface area is 58.9 Å². The fourth-order valence-corrected chi connectivity index (χ4v) is 0.747. The lowest BCUT2D eigenvalue weighted by Gasteiger charge is -2.28. The van der Waals surface area contributed by atoms with Crippen molar-refractivity contribution in [3.8, 4) is 0 Å². The molecule has 0 aromatic heterocycles. The Hall–Kier alpha value is -1.26. The largest absolute Gasteiger partial charge is 0.325 e. The molecular formula is C5H10N4O. The molecule has 0 aromatic carbocycles. The predicted octanol–water partition coefficient (Wildman–Crippen LogP) is -0.487. The summed E-state index contributed by atoms with van der Waals surface area (Å²) in [4.78, 5) is 12.3. The van der Waals surface area contributed by atoms with E-state index < -0.39 is 0 Å². The van der Waals surface area contributed by atoms with E-state index in [1.807, 2.05) is 6.92 Å². The molecule has 1 fully saturated rings. The van der Waals surface area contributed by atoms with Crippen molar-refractivity contribution in [3.63, 3.8) is 0 Å². The second kappa shape index (κ2) is 2.55. The van der Waals surface area contributed by atoms with E-state index in [4.69, 9.17) is 5.41 Å². The fraction of sp³-hybridized carbons (Fsp3) is 0.600. The lowest BCUT2D eigenvalue weighted by atomic mass is 10.5. The highest BCUT2D eigenvalue weighted by Gasteiger charge is 2.16. The zero-order chi connectivity index (χ0) is 7.56. The van der Waals surface area contributed by atoms with E-state index in [0.29, 0.717) is 6.67 Å². The van der Waals surface area contributed by atoms with Crippen LogP contribution >= 0.6 is 0 Å². The molecule has 1 heterocycles. The van der Waals surface area contributed by atoms with Crippen LogP contribution in [0.1, 0.15) is 6.92 Å². The highest BCUT2D eigenvalue weighted by Crippen LogP contribution is 1.89. The third-order valence-corrected chi connectivity index (χ3v) is 1.36. The van der Waals surface area contributed by atoms with E-state index in [0.717, 1.165) is 6.54 Å². The summed E-state index contributed by atoms with van der Waals surface area (Å²) in [5.41, 5.74) is 0. The van der Waals surface area contributed by atoms with Crippen molar-refractivity contribution in [3.05, 3.63) is 0 Å². The van der Waals surface area contributed by atoms with Crippen molar-refractivity contribution < 1.29 is 4.79 Å². The second-order valence-corrected chi connectivity index (χ2v) is 1.99. The van der Waals surface area contributed by atoms with Crippen LogP contribution in [0.15, 0.2) is 0 Å². The van der Waals surface area contributed by atoms with E-state index in [9.17, 15) is 4.79 Å². The van der Waals surface area contributed by atoms with Crippen molar-refractivity contribution >= 4 is 12.0 Å². The van der Waals surface area contributed by atoms with Gasteiger partial charge in [0, 0.05) is 6.54 Å². The number of hydrogen-bond donors (Lipinski definition) is 3. The van der Waals surface area contributed by atoms with Gasteiger partial charge < -0.3 is 10.2 Å². The van der Waals surface area contributed by atoms with Gasteiger partial charge in [-0.1, -0.05) is 0 Å². The summed E-state index contributed by atoms with van der Waals surface area (Å²) >= 11 is 0. The molecule has 0 unspecified atom stereocenters. The van der Waals surface area contributed by atoms with E-state index in [1.165, 1.54) is 0 Å². The quantitative estimate of drug-likeness (QED) is 0.462. The molecule has 0 spiro atoms. The van der Waals surface area contributed by atoms with Crippen LogP contribution in [0.25, 0.3) is 0 Å². The SMILES string of the molecule is CCN1CNC(=O)NC1=N. The van der Waals surface area contributed by atoms with Crippen LogP contribution in [-0.4, -0.2) is 30.1 Å². The van der Waals surface area contributed by atoms with Gasteiger partial charge in [0.05, 0.1) is 6.67 Å². The van der Waals surface area contributed by atoms with E-state index >= 15 is 0 Å². The number of nitrogens with zero attached hydrogens (tertiary/aromatic N) is 1. The van der Waals surface area contributed by atoms with Gasteiger partial charge in [0.2, 0.25) is 5.96 Å². The topological polar surface area (TPSA) is 68.2 Å². The molecule has 0 aliphatic carbocycles. The summed E-state index contributed by atoms with van der Waals surface area (Å²) in [5, 5.41) is 12.1. The molecule has 0 aromatic rings. The Balaban J connectivity index is 2.51. The van der Waals surface area contributed by atoms with Crippen LogP contribution in [0.3, 0.4) is 0 Å². The number of carbonyl (C=O) groups excluding carboxylic acids is 1. The summed E-state index contributed by atoms with van der Waals surface area (Å²) in [6.07, 6.45) is 0. The highest BCUT2D eigenvalue weighted by atomic mass is 16.2. The molecule has 1 aliphatic heterocycles. The average Bonchev–Trinajstić information content (AvgIpc) is 1.88. The Kier molecular flexibility index (Phi) is 1.75. The summed E-state index contributed by atoms with van der Waals surface area (Å²) < 4.78 is 0. The van der Waals surface area contributed by atoms with Gasteiger partial charge in [-0.2, -0.15) is 0 Å². The molecule has 5 heteroatoms. The maximum absolute atomic E-state index is 10.5. The minimum atomic E-state index is -0.297.